The van der Waals surface area contributed by atoms with Crippen molar-refractivity contribution >= 4 is 11.4 Å². The first-order valence-electron chi connectivity index (χ1n) is 9.12. The standard InChI is InChI=1S/C23H22N2O2/c1-2-21(22-17-24(13-15-26-22)19-9-5-3-6-10-19)23-18-25(14-16-27-23)20-11-7-4-8-12-20/h3-18,21H,2H2,1H3. The Morgan fingerprint density at radius 1 is 0.704 bits per heavy atom. The highest BCUT2D eigenvalue weighted by atomic mass is 16.5. The minimum atomic E-state index is 0.0253. The van der Waals surface area contributed by atoms with Crippen molar-refractivity contribution in [2.75, 3.05) is 9.80 Å². The lowest BCUT2D eigenvalue weighted by atomic mass is 10.0. The molecule has 0 saturated heterocycles. The van der Waals surface area contributed by atoms with Gasteiger partial charge in [0.15, 0.2) is 0 Å². The van der Waals surface area contributed by atoms with E-state index < -0.39 is 0 Å². The molecule has 0 unspecified atom stereocenters. The molecule has 0 aromatic heterocycles. The highest BCUT2D eigenvalue weighted by molar-refractivity contribution is 5.54. The van der Waals surface area contributed by atoms with E-state index in [0.717, 1.165) is 29.3 Å². The van der Waals surface area contributed by atoms with Gasteiger partial charge in [-0.3, -0.25) is 0 Å². The van der Waals surface area contributed by atoms with Crippen molar-refractivity contribution in [3.63, 3.8) is 0 Å². The fourth-order valence-electron chi connectivity index (χ4n) is 3.18. The van der Waals surface area contributed by atoms with Gasteiger partial charge in [0.05, 0.1) is 5.92 Å². The topological polar surface area (TPSA) is 24.9 Å². The largest absolute Gasteiger partial charge is 0.465 e. The van der Waals surface area contributed by atoms with Gasteiger partial charge >= 0.3 is 0 Å². The highest BCUT2D eigenvalue weighted by Gasteiger charge is 2.25. The van der Waals surface area contributed by atoms with Crippen molar-refractivity contribution in [3.8, 4) is 0 Å². The van der Waals surface area contributed by atoms with E-state index in [1.807, 2.05) is 61.2 Å². The first kappa shape index (κ1) is 17.0. The van der Waals surface area contributed by atoms with Crippen LogP contribution < -0.4 is 9.80 Å². The molecule has 0 atom stereocenters. The number of nitrogens with zero attached hydrogens (tertiary/aromatic N) is 2. The Labute approximate surface area is 159 Å². The molecule has 4 heteroatoms. The maximum atomic E-state index is 5.85. The zero-order valence-corrected chi connectivity index (χ0v) is 15.2. The number of rotatable bonds is 5. The van der Waals surface area contributed by atoms with Gasteiger partial charge in [0.25, 0.3) is 0 Å². The Hall–Kier alpha value is -3.40. The molecular formula is C23H22N2O2. The summed E-state index contributed by atoms with van der Waals surface area (Å²) in [4.78, 5) is 4.13. The fourth-order valence-corrected chi connectivity index (χ4v) is 3.18. The summed E-state index contributed by atoms with van der Waals surface area (Å²) in [5.41, 5.74) is 2.18. The molecule has 0 saturated carbocycles. The summed E-state index contributed by atoms with van der Waals surface area (Å²) in [5.74, 6) is 1.74. The molecular weight excluding hydrogens is 336 g/mol. The summed E-state index contributed by atoms with van der Waals surface area (Å²) in [5, 5.41) is 0. The second-order valence-electron chi connectivity index (χ2n) is 6.32. The lowest BCUT2D eigenvalue weighted by molar-refractivity contribution is 0.229. The van der Waals surface area contributed by atoms with Crippen LogP contribution in [-0.4, -0.2) is 0 Å². The second-order valence-corrected chi connectivity index (χ2v) is 6.32. The smallest absolute Gasteiger partial charge is 0.130 e. The molecule has 2 heterocycles. The van der Waals surface area contributed by atoms with Crippen molar-refractivity contribution in [1.82, 2.24) is 0 Å². The molecule has 136 valence electrons. The molecule has 0 aliphatic carbocycles. The van der Waals surface area contributed by atoms with Gasteiger partial charge in [-0.25, -0.2) is 0 Å². The number of hydrogen-bond acceptors (Lipinski definition) is 4. The van der Waals surface area contributed by atoms with Crippen molar-refractivity contribution in [1.29, 1.82) is 0 Å². The zero-order valence-electron chi connectivity index (χ0n) is 15.2. The SMILES string of the molecule is CCC(C1=CN(c2ccccc2)C=CO1)C1=CN(c2ccccc2)C=CO1. The minimum absolute atomic E-state index is 0.0253. The van der Waals surface area contributed by atoms with Crippen LogP contribution in [0.25, 0.3) is 0 Å². The molecule has 4 rings (SSSR count). The van der Waals surface area contributed by atoms with Gasteiger partial charge < -0.3 is 19.3 Å². The normalized spacial score (nSPS) is 15.9. The van der Waals surface area contributed by atoms with Gasteiger partial charge in [-0.15, -0.1) is 0 Å². The highest BCUT2D eigenvalue weighted by Crippen LogP contribution is 2.32. The summed E-state index contributed by atoms with van der Waals surface area (Å²) in [7, 11) is 0. The number of ether oxygens (including phenoxy) is 2. The van der Waals surface area contributed by atoms with Crippen molar-refractivity contribution in [2.24, 2.45) is 5.92 Å². The summed E-state index contributed by atoms with van der Waals surface area (Å²) >= 11 is 0. The molecule has 2 aliphatic rings. The van der Waals surface area contributed by atoms with E-state index in [2.05, 4.69) is 41.0 Å². The maximum absolute atomic E-state index is 5.85. The summed E-state index contributed by atoms with van der Waals surface area (Å²) in [6.45, 7) is 2.13. The molecule has 0 bridgehead atoms. The van der Waals surface area contributed by atoms with E-state index in [9.17, 15) is 0 Å². The molecule has 4 nitrogen and oxygen atoms in total. The maximum Gasteiger partial charge on any atom is 0.130 e. The van der Waals surface area contributed by atoms with Gasteiger partial charge in [-0.2, -0.15) is 0 Å². The number of benzene rings is 2. The number of para-hydroxylation sites is 2. The molecule has 0 spiro atoms. The van der Waals surface area contributed by atoms with Crippen LogP contribution in [0.3, 0.4) is 0 Å². The van der Waals surface area contributed by atoms with Crippen LogP contribution >= 0.6 is 0 Å². The predicted octanol–water partition coefficient (Wildman–Crippen LogP) is 5.71. The number of hydrogen-bond donors (Lipinski definition) is 0. The van der Waals surface area contributed by atoms with Crippen LogP contribution in [0, 0.1) is 5.92 Å². The Balaban J connectivity index is 1.60. The van der Waals surface area contributed by atoms with E-state index in [4.69, 9.17) is 9.47 Å². The van der Waals surface area contributed by atoms with Crippen molar-refractivity contribution in [3.05, 3.63) is 110 Å². The van der Waals surface area contributed by atoms with E-state index >= 15 is 0 Å². The third kappa shape index (κ3) is 3.75. The van der Waals surface area contributed by atoms with Crippen LogP contribution in [0.15, 0.2) is 110 Å². The average Bonchev–Trinajstić information content (AvgIpc) is 2.76. The van der Waals surface area contributed by atoms with E-state index in [1.165, 1.54) is 0 Å². The van der Waals surface area contributed by atoms with Crippen molar-refractivity contribution in [2.45, 2.75) is 13.3 Å². The molecule has 0 amide bonds. The van der Waals surface area contributed by atoms with Gasteiger partial charge in [0.2, 0.25) is 0 Å². The van der Waals surface area contributed by atoms with Crippen LogP contribution in [0.4, 0.5) is 11.4 Å². The van der Waals surface area contributed by atoms with Gasteiger partial charge in [0.1, 0.15) is 24.0 Å². The zero-order chi connectivity index (χ0) is 18.5. The molecule has 0 fully saturated rings. The van der Waals surface area contributed by atoms with Crippen LogP contribution in [-0.2, 0) is 9.47 Å². The first-order valence-corrected chi connectivity index (χ1v) is 9.12. The minimum Gasteiger partial charge on any atom is -0.465 e. The predicted molar refractivity (Wildman–Crippen MR) is 108 cm³/mol. The third-order valence-electron chi connectivity index (χ3n) is 4.59. The Morgan fingerprint density at radius 2 is 1.15 bits per heavy atom. The Kier molecular flexibility index (Phi) is 4.97. The van der Waals surface area contributed by atoms with Crippen LogP contribution in [0.1, 0.15) is 13.3 Å². The summed E-state index contributed by atoms with van der Waals surface area (Å²) < 4.78 is 11.7. The molecule has 27 heavy (non-hydrogen) atoms. The average molecular weight is 358 g/mol. The number of anilines is 2. The monoisotopic (exact) mass is 358 g/mol. The van der Waals surface area contributed by atoms with Crippen LogP contribution in [0.2, 0.25) is 0 Å². The van der Waals surface area contributed by atoms with E-state index in [-0.39, 0.29) is 5.92 Å². The second kappa shape index (κ2) is 7.87. The molecule has 0 N–H and O–H groups in total. The van der Waals surface area contributed by atoms with E-state index in [0.29, 0.717) is 0 Å². The van der Waals surface area contributed by atoms with Gasteiger partial charge in [-0.05, 0) is 30.7 Å². The lowest BCUT2D eigenvalue weighted by Gasteiger charge is -2.29. The third-order valence-corrected chi connectivity index (χ3v) is 4.59. The van der Waals surface area contributed by atoms with Gasteiger partial charge in [0, 0.05) is 36.2 Å². The molecule has 2 aromatic rings. The van der Waals surface area contributed by atoms with E-state index in [1.54, 1.807) is 12.5 Å². The molecule has 2 aliphatic heterocycles. The van der Waals surface area contributed by atoms with Crippen LogP contribution in [0.5, 0.6) is 0 Å². The Morgan fingerprint density at radius 3 is 1.56 bits per heavy atom. The Bertz CT molecular complexity index is 812. The fraction of sp³-hybridized carbons (Fsp3) is 0.130. The quantitative estimate of drug-likeness (QED) is 0.683. The summed E-state index contributed by atoms with van der Waals surface area (Å²) in [6, 6.07) is 20.4. The summed E-state index contributed by atoms with van der Waals surface area (Å²) in [6.07, 6.45) is 12.2. The van der Waals surface area contributed by atoms with Gasteiger partial charge in [-0.1, -0.05) is 43.3 Å². The molecule has 0 radical (unpaired) electrons. The first-order chi connectivity index (χ1) is 13.3. The van der Waals surface area contributed by atoms with Crippen molar-refractivity contribution < 1.29 is 9.47 Å². The lowest BCUT2D eigenvalue weighted by Crippen LogP contribution is -2.21. The molecule has 2 aromatic carbocycles.